The number of nitrogens with zero attached hydrogens (tertiary/aromatic N) is 2. The van der Waals surface area contributed by atoms with E-state index in [4.69, 9.17) is 32.5 Å². The third-order valence-corrected chi connectivity index (χ3v) is 6.84. The van der Waals surface area contributed by atoms with E-state index >= 15 is 0 Å². The Bertz CT molecular complexity index is 1150. The monoisotopic (exact) mass is 458 g/mol. The summed E-state index contributed by atoms with van der Waals surface area (Å²) in [6.45, 7) is -0.0342. The van der Waals surface area contributed by atoms with Gasteiger partial charge in [-0.05, 0) is 24.3 Å². The van der Waals surface area contributed by atoms with Crippen LogP contribution in [0.2, 0.25) is 5.02 Å². The molecule has 3 heterocycles. The summed E-state index contributed by atoms with van der Waals surface area (Å²) in [5.74, 6) is -2.06. The first-order valence-corrected chi connectivity index (χ1v) is 10.2. The van der Waals surface area contributed by atoms with E-state index in [0.717, 1.165) is 6.08 Å². The summed E-state index contributed by atoms with van der Waals surface area (Å²) in [6, 6.07) is 5.76. The number of ether oxygens (including phenoxy) is 2. The second-order valence-electron chi connectivity index (χ2n) is 8.04. The van der Waals surface area contributed by atoms with Crippen LogP contribution in [-0.4, -0.2) is 71.4 Å². The predicted molar refractivity (Wildman–Crippen MR) is 110 cm³/mol. The molecule has 2 saturated heterocycles. The summed E-state index contributed by atoms with van der Waals surface area (Å²) in [6.07, 6.45) is 0.0498. The number of methoxy groups -OCH3 is 1. The second-order valence-corrected chi connectivity index (χ2v) is 8.47. The fourth-order valence-electron chi connectivity index (χ4n) is 5.33. The number of hydrogen-bond acceptors (Lipinski definition) is 8. The fraction of sp³-hybridized carbons (Fsp3) is 0.333. The van der Waals surface area contributed by atoms with Gasteiger partial charge >= 0.3 is 6.09 Å². The number of amides is 2. The molecular weight excluding hydrogens is 440 g/mol. The van der Waals surface area contributed by atoms with E-state index in [1.807, 2.05) is 0 Å². The number of primary amides is 1. The van der Waals surface area contributed by atoms with Gasteiger partial charge in [0.2, 0.25) is 11.6 Å². The van der Waals surface area contributed by atoms with Crippen molar-refractivity contribution in [3.05, 3.63) is 57.9 Å². The van der Waals surface area contributed by atoms with Crippen molar-refractivity contribution < 1.29 is 28.7 Å². The maximum atomic E-state index is 13.2. The molecule has 0 saturated carbocycles. The topological polar surface area (TPSA) is 145 Å². The number of rotatable bonds is 4. The van der Waals surface area contributed by atoms with E-state index < -0.39 is 35.3 Å². The van der Waals surface area contributed by atoms with Gasteiger partial charge in [0.05, 0.1) is 23.4 Å². The van der Waals surface area contributed by atoms with Gasteiger partial charge in [0, 0.05) is 35.9 Å². The molecule has 11 heteroatoms. The maximum absolute atomic E-state index is 13.2. The van der Waals surface area contributed by atoms with E-state index in [0.29, 0.717) is 10.6 Å². The lowest BCUT2D eigenvalue weighted by atomic mass is 9.84. The Balaban J connectivity index is 1.54. The number of nitrogens with two attached hydrogens (primary N) is 2. The van der Waals surface area contributed by atoms with Crippen LogP contribution in [0.3, 0.4) is 0 Å². The molecule has 1 aromatic carbocycles. The number of hydrogen-bond donors (Lipinski definition) is 2. The molecule has 166 valence electrons. The maximum Gasteiger partial charge on any atom is 0.404 e. The van der Waals surface area contributed by atoms with Crippen molar-refractivity contribution in [2.75, 3.05) is 20.3 Å². The Hall–Kier alpha value is -3.37. The Morgan fingerprint density at radius 2 is 1.94 bits per heavy atom. The first kappa shape index (κ1) is 20.5. The smallest absolute Gasteiger partial charge is 0.404 e. The average Bonchev–Trinajstić information content (AvgIpc) is 3.25. The lowest BCUT2D eigenvalue weighted by Gasteiger charge is -2.40. The van der Waals surface area contributed by atoms with Crippen LogP contribution in [0.25, 0.3) is 0 Å². The fourth-order valence-corrected chi connectivity index (χ4v) is 5.46. The first-order valence-electron chi connectivity index (χ1n) is 9.86. The number of carbonyl (C=O) groups excluding carboxylic acids is 4. The summed E-state index contributed by atoms with van der Waals surface area (Å²) in [4.78, 5) is 53.6. The number of benzene rings is 1. The van der Waals surface area contributed by atoms with Gasteiger partial charge in [0.1, 0.15) is 12.6 Å². The number of ketones is 2. The van der Waals surface area contributed by atoms with Crippen LogP contribution in [-0.2, 0) is 19.1 Å². The van der Waals surface area contributed by atoms with Crippen LogP contribution < -0.4 is 11.5 Å². The van der Waals surface area contributed by atoms with Gasteiger partial charge in [-0.2, -0.15) is 0 Å². The molecule has 4 N–H and O–H groups in total. The number of Topliss-reactive ketones (excluding diaryl/α,β-unsaturated/α-hetero) is 1. The summed E-state index contributed by atoms with van der Waals surface area (Å²) in [5.41, 5.74) is 10.2. The minimum absolute atomic E-state index is 0.113. The molecule has 3 unspecified atom stereocenters. The minimum atomic E-state index is -1.28. The number of fused-ring (bicyclic) bond motifs is 4. The van der Waals surface area contributed by atoms with Crippen LogP contribution in [0, 0.1) is 5.92 Å². The van der Waals surface area contributed by atoms with Gasteiger partial charge in [-0.15, -0.1) is 0 Å². The highest BCUT2D eigenvalue weighted by atomic mass is 35.5. The number of piperazine rings is 1. The van der Waals surface area contributed by atoms with Crippen LogP contribution in [0.4, 0.5) is 4.79 Å². The van der Waals surface area contributed by atoms with Crippen LogP contribution in [0.15, 0.2) is 47.3 Å². The number of allylic oxidation sites excluding steroid dienone is 2. The molecule has 0 spiro atoms. The molecule has 4 aliphatic rings. The van der Waals surface area contributed by atoms with Crippen molar-refractivity contribution in [3.8, 4) is 0 Å². The summed E-state index contributed by atoms with van der Waals surface area (Å²) < 4.78 is 11.0. The van der Waals surface area contributed by atoms with Crippen molar-refractivity contribution in [1.82, 2.24) is 9.80 Å². The Morgan fingerprint density at radius 3 is 2.56 bits per heavy atom. The third kappa shape index (κ3) is 2.56. The van der Waals surface area contributed by atoms with Crippen molar-refractivity contribution in [2.45, 2.75) is 17.8 Å². The SMILES string of the molecule is CO[C@@]12C(COC(N)=O)C3=C(C(=O)C=C(N)C3=O)N1CC1C2N1C(=O)c1ccc(Cl)cc1. The summed E-state index contributed by atoms with van der Waals surface area (Å²) in [7, 11) is 1.43. The number of halogens is 1. The highest BCUT2D eigenvalue weighted by molar-refractivity contribution is 6.30. The number of carbonyl (C=O) groups is 4. The first-order chi connectivity index (χ1) is 15.2. The van der Waals surface area contributed by atoms with E-state index in [-0.39, 0.29) is 42.1 Å². The van der Waals surface area contributed by atoms with E-state index in [9.17, 15) is 19.2 Å². The van der Waals surface area contributed by atoms with Gasteiger partial charge in [-0.1, -0.05) is 11.6 Å². The highest BCUT2D eigenvalue weighted by Gasteiger charge is 2.77. The molecule has 0 aromatic heterocycles. The zero-order valence-electron chi connectivity index (χ0n) is 16.9. The molecule has 1 aliphatic carbocycles. The molecule has 2 fully saturated rings. The van der Waals surface area contributed by atoms with Crippen LogP contribution in [0.1, 0.15) is 10.4 Å². The van der Waals surface area contributed by atoms with E-state index in [2.05, 4.69) is 0 Å². The van der Waals surface area contributed by atoms with Gasteiger partial charge in [-0.25, -0.2) is 4.79 Å². The quantitative estimate of drug-likeness (QED) is 0.479. The minimum Gasteiger partial charge on any atom is -0.449 e. The molecular formula is C21H19ClN4O6. The van der Waals surface area contributed by atoms with Gasteiger partial charge in [0.25, 0.3) is 5.91 Å². The normalized spacial score (nSPS) is 30.1. The average molecular weight is 459 g/mol. The molecule has 10 nitrogen and oxygen atoms in total. The van der Waals surface area contributed by atoms with Gasteiger partial charge in [-0.3, -0.25) is 14.4 Å². The Morgan fingerprint density at radius 1 is 1.25 bits per heavy atom. The van der Waals surface area contributed by atoms with Crippen molar-refractivity contribution in [3.63, 3.8) is 0 Å². The molecule has 5 rings (SSSR count). The van der Waals surface area contributed by atoms with Gasteiger partial charge in [0.15, 0.2) is 5.72 Å². The molecule has 1 aromatic rings. The molecule has 2 amide bonds. The zero-order chi connectivity index (χ0) is 22.9. The molecule has 32 heavy (non-hydrogen) atoms. The Kier molecular flexibility index (Phi) is 4.37. The van der Waals surface area contributed by atoms with Crippen molar-refractivity contribution in [1.29, 1.82) is 0 Å². The molecule has 0 radical (unpaired) electrons. The summed E-state index contributed by atoms with van der Waals surface area (Å²) in [5, 5.41) is 0.505. The lowest BCUT2D eigenvalue weighted by Crippen LogP contribution is -2.56. The van der Waals surface area contributed by atoms with Crippen molar-refractivity contribution in [2.24, 2.45) is 17.4 Å². The van der Waals surface area contributed by atoms with Crippen LogP contribution in [0.5, 0.6) is 0 Å². The molecule has 0 bridgehead atoms. The van der Waals surface area contributed by atoms with Gasteiger partial charge < -0.3 is 30.7 Å². The standard InChI is InChI=1S/C21H19ClN4O6/c1-31-21-11(8-32-20(24)30)15-16(14(27)6-12(23)17(15)28)25(21)7-13-18(21)26(13)19(29)9-2-4-10(22)5-3-9/h2-6,11,13,18H,7-8,23H2,1H3,(H2,24,30)/t11?,13?,18?,21-,26?/m1/s1. The summed E-state index contributed by atoms with van der Waals surface area (Å²) >= 11 is 5.93. The lowest BCUT2D eigenvalue weighted by molar-refractivity contribution is -0.143. The Labute approximate surface area is 187 Å². The second kappa shape index (κ2) is 6.81. The van der Waals surface area contributed by atoms with Crippen molar-refractivity contribution >= 4 is 35.2 Å². The molecule has 3 aliphatic heterocycles. The largest absolute Gasteiger partial charge is 0.449 e. The van der Waals surface area contributed by atoms with Crippen LogP contribution >= 0.6 is 11.6 Å². The predicted octanol–water partition coefficient (Wildman–Crippen LogP) is 0.165. The zero-order valence-corrected chi connectivity index (χ0v) is 17.7. The third-order valence-electron chi connectivity index (χ3n) is 6.59. The highest BCUT2D eigenvalue weighted by Crippen LogP contribution is 2.59. The van der Waals surface area contributed by atoms with E-state index in [1.165, 1.54) is 7.11 Å². The van der Waals surface area contributed by atoms with E-state index in [1.54, 1.807) is 34.1 Å². The molecule has 4 atom stereocenters.